The van der Waals surface area contributed by atoms with Gasteiger partial charge in [-0.3, -0.25) is 0 Å². The summed E-state index contributed by atoms with van der Waals surface area (Å²) in [6.07, 6.45) is 0. The van der Waals surface area contributed by atoms with Crippen molar-refractivity contribution in [3.8, 4) is 22.3 Å². The van der Waals surface area contributed by atoms with Crippen LogP contribution in [0.4, 0.5) is 0 Å². The molecule has 0 fully saturated rings. The molecular formula is C34H21Br. The van der Waals surface area contributed by atoms with Crippen LogP contribution in [0.15, 0.2) is 132 Å². The van der Waals surface area contributed by atoms with Gasteiger partial charge in [0.05, 0.1) is 0 Å². The first-order valence-electron chi connectivity index (χ1n) is 11.9. The van der Waals surface area contributed by atoms with Crippen LogP contribution < -0.4 is 0 Å². The molecule has 0 nitrogen and oxygen atoms in total. The second kappa shape index (κ2) is 8.08. The van der Waals surface area contributed by atoms with E-state index in [0.717, 1.165) is 4.47 Å². The molecule has 7 rings (SSSR count). The second-order valence-electron chi connectivity index (χ2n) is 9.08. The van der Waals surface area contributed by atoms with Crippen LogP contribution in [0.1, 0.15) is 0 Å². The Labute approximate surface area is 212 Å². The number of halogens is 1. The summed E-state index contributed by atoms with van der Waals surface area (Å²) in [5.41, 5.74) is 5.04. The van der Waals surface area contributed by atoms with Crippen molar-refractivity contribution >= 4 is 59.0 Å². The predicted molar refractivity (Wildman–Crippen MR) is 155 cm³/mol. The molecule has 7 aromatic carbocycles. The highest BCUT2D eigenvalue weighted by Crippen LogP contribution is 2.46. The molecule has 0 aromatic heterocycles. The lowest BCUT2D eigenvalue weighted by molar-refractivity contribution is 1.66. The van der Waals surface area contributed by atoms with Crippen molar-refractivity contribution in [1.82, 2.24) is 0 Å². The average molecular weight is 509 g/mol. The van der Waals surface area contributed by atoms with Gasteiger partial charge in [-0.25, -0.2) is 0 Å². The number of hydrogen-bond donors (Lipinski definition) is 0. The smallest absolute Gasteiger partial charge is 0.0260 e. The Balaban J connectivity index is 1.64. The van der Waals surface area contributed by atoms with Gasteiger partial charge in [0.2, 0.25) is 0 Å². The third-order valence-electron chi connectivity index (χ3n) is 7.07. The molecule has 0 unspecified atom stereocenters. The molecule has 0 radical (unpaired) electrons. The molecule has 0 spiro atoms. The van der Waals surface area contributed by atoms with Crippen LogP contribution >= 0.6 is 15.9 Å². The zero-order chi connectivity index (χ0) is 23.4. The monoisotopic (exact) mass is 508 g/mol. The maximum Gasteiger partial charge on any atom is 0.0260 e. The van der Waals surface area contributed by atoms with Crippen LogP contribution in [0, 0.1) is 0 Å². The summed E-state index contributed by atoms with van der Waals surface area (Å²) in [7, 11) is 0. The molecule has 0 heterocycles. The average Bonchev–Trinajstić information content (AvgIpc) is 2.91. The van der Waals surface area contributed by atoms with E-state index in [0.29, 0.717) is 0 Å². The van der Waals surface area contributed by atoms with Gasteiger partial charge in [-0.05, 0) is 78.2 Å². The Kier molecular flexibility index (Phi) is 4.72. The van der Waals surface area contributed by atoms with Gasteiger partial charge in [0, 0.05) is 9.86 Å². The molecule has 0 saturated heterocycles. The van der Waals surface area contributed by atoms with Gasteiger partial charge in [0.1, 0.15) is 0 Å². The number of benzene rings is 7. The minimum Gasteiger partial charge on any atom is -0.0616 e. The topological polar surface area (TPSA) is 0 Å². The summed E-state index contributed by atoms with van der Waals surface area (Å²) >= 11 is 3.93. The van der Waals surface area contributed by atoms with Gasteiger partial charge >= 0.3 is 0 Å². The molecule has 0 atom stereocenters. The van der Waals surface area contributed by atoms with Crippen LogP contribution in [0.25, 0.3) is 65.3 Å². The summed E-state index contributed by atoms with van der Waals surface area (Å²) in [6, 6.07) is 46.2. The normalized spacial score (nSPS) is 11.6. The van der Waals surface area contributed by atoms with Crippen LogP contribution in [0.5, 0.6) is 0 Å². The van der Waals surface area contributed by atoms with Crippen molar-refractivity contribution < 1.29 is 0 Å². The molecule has 0 aliphatic carbocycles. The molecule has 0 aliphatic rings. The summed E-state index contributed by atoms with van der Waals surface area (Å²) in [6.45, 7) is 0. The van der Waals surface area contributed by atoms with Gasteiger partial charge < -0.3 is 0 Å². The van der Waals surface area contributed by atoms with Gasteiger partial charge in [-0.15, -0.1) is 0 Å². The Morgan fingerprint density at radius 3 is 1.49 bits per heavy atom. The van der Waals surface area contributed by atoms with E-state index in [2.05, 4.69) is 143 Å². The maximum atomic E-state index is 3.93. The highest BCUT2D eigenvalue weighted by Gasteiger charge is 2.18. The van der Waals surface area contributed by atoms with Crippen LogP contribution in [0.2, 0.25) is 0 Å². The molecule has 0 saturated carbocycles. The number of hydrogen-bond acceptors (Lipinski definition) is 0. The molecule has 0 bridgehead atoms. The van der Waals surface area contributed by atoms with Crippen LogP contribution in [-0.2, 0) is 0 Å². The number of rotatable bonds is 2. The van der Waals surface area contributed by atoms with Crippen molar-refractivity contribution in [1.29, 1.82) is 0 Å². The van der Waals surface area contributed by atoms with E-state index in [1.54, 1.807) is 0 Å². The summed E-state index contributed by atoms with van der Waals surface area (Å²) in [4.78, 5) is 0. The lowest BCUT2D eigenvalue weighted by Crippen LogP contribution is -1.92. The zero-order valence-corrected chi connectivity index (χ0v) is 20.6. The van der Waals surface area contributed by atoms with Crippen LogP contribution in [-0.4, -0.2) is 0 Å². The Morgan fingerprint density at radius 1 is 0.371 bits per heavy atom. The third kappa shape index (κ3) is 3.27. The summed E-state index contributed by atoms with van der Waals surface area (Å²) < 4.78 is 1.12. The first-order chi connectivity index (χ1) is 17.3. The first kappa shape index (κ1) is 20.4. The van der Waals surface area contributed by atoms with Gasteiger partial charge in [-0.1, -0.05) is 125 Å². The van der Waals surface area contributed by atoms with Gasteiger partial charge in [0.15, 0.2) is 0 Å². The van der Waals surface area contributed by atoms with Crippen molar-refractivity contribution in [3.63, 3.8) is 0 Å². The third-order valence-corrected chi connectivity index (χ3v) is 7.74. The minimum atomic E-state index is 1.12. The SMILES string of the molecule is Brc1cccc2c(-c3ccc4ccccc4c3)c3ccccc3c(-c3ccc4ccccc4c3)c12. The molecule has 164 valence electrons. The Hall–Kier alpha value is -3.94. The fourth-order valence-corrected chi connectivity index (χ4v) is 6.05. The van der Waals surface area contributed by atoms with Crippen molar-refractivity contribution in [2.75, 3.05) is 0 Å². The first-order valence-corrected chi connectivity index (χ1v) is 12.7. The minimum absolute atomic E-state index is 1.12. The fourth-order valence-electron chi connectivity index (χ4n) is 5.49. The van der Waals surface area contributed by atoms with E-state index in [4.69, 9.17) is 0 Å². The van der Waals surface area contributed by atoms with E-state index in [-0.39, 0.29) is 0 Å². The van der Waals surface area contributed by atoms with Gasteiger partial charge in [-0.2, -0.15) is 0 Å². The highest BCUT2D eigenvalue weighted by molar-refractivity contribution is 9.10. The van der Waals surface area contributed by atoms with E-state index in [1.807, 2.05) is 0 Å². The Morgan fingerprint density at radius 2 is 0.857 bits per heavy atom. The fraction of sp³-hybridized carbons (Fsp3) is 0. The maximum absolute atomic E-state index is 3.93. The predicted octanol–water partition coefficient (Wildman–Crippen LogP) is 10.4. The highest BCUT2D eigenvalue weighted by atomic mass is 79.9. The Bertz CT molecular complexity index is 1910. The standard InChI is InChI=1S/C34H21Br/c35-31-15-7-14-30-32(26-18-16-22-8-1-3-10-24(22)20-26)28-12-5-6-13-29(28)33(34(30)31)27-19-17-23-9-2-4-11-25(23)21-27/h1-21H. The molecule has 35 heavy (non-hydrogen) atoms. The van der Waals surface area contributed by atoms with Crippen molar-refractivity contribution in [2.45, 2.75) is 0 Å². The summed E-state index contributed by atoms with van der Waals surface area (Å²) in [5, 5.41) is 10.1. The van der Waals surface area contributed by atoms with E-state index >= 15 is 0 Å². The molecule has 1 heteroatoms. The lowest BCUT2D eigenvalue weighted by atomic mass is 9.85. The van der Waals surface area contributed by atoms with Crippen molar-refractivity contribution in [3.05, 3.63) is 132 Å². The van der Waals surface area contributed by atoms with E-state index in [9.17, 15) is 0 Å². The zero-order valence-electron chi connectivity index (χ0n) is 19.0. The van der Waals surface area contributed by atoms with E-state index in [1.165, 1.54) is 65.3 Å². The molecule has 7 aromatic rings. The molecule has 0 aliphatic heterocycles. The second-order valence-corrected chi connectivity index (χ2v) is 9.94. The summed E-state index contributed by atoms with van der Waals surface area (Å²) in [5.74, 6) is 0. The van der Waals surface area contributed by atoms with Gasteiger partial charge in [0.25, 0.3) is 0 Å². The largest absolute Gasteiger partial charge is 0.0616 e. The molecular weight excluding hydrogens is 488 g/mol. The quantitative estimate of drug-likeness (QED) is 0.203. The molecule has 0 N–H and O–H groups in total. The van der Waals surface area contributed by atoms with E-state index < -0.39 is 0 Å². The van der Waals surface area contributed by atoms with Crippen molar-refractivity contribution in [2.24, 2.45) is 0 Å². The number of fused-ring (bicyclic) bond motifs is 4. The molecule has 0 amide bonds. The van der Waals surface area contributed by atoms with Crippen LogP contribution in [0.3, 0.4) is 0 Å². The lowest BCUT2D eigenvalue weighted by Gasteiger charge is -2.19.